The number of nitrogens with one attached hydrogen (secondary N) is 1. The molecule has 1 aromatic carbocycles. The highest BCUT2D eigenvalue weighted by atomic mass is 79.9. The van der Waals surface area contributed by atoms with Gasteiger partial charge in [-0.1, -0.05) is 0 Å². The van der Waals surface area contributed by atoms with Gasteiger partial charge in [0.15, 0.2) is 10.7 Å². The summed E-state index contributed by atoms with van der Waals surface area (Å²) in [5.74, 6) is -2.70. The van der Waals surface area contributed by atoms with E-state index in [0.29, 0.717) is 10.8 Å². The maximum atomic E-state index is 11.9. The summed E-state index contributed by atoms with van der Waals surface area (Å²) in [6, 6.07) is 7.36. The van der Waals surface area contributed by atoms with Crippen LogP contribution in [0.25, 0.3) is 0 Å². The van der Waals surface area contributed by atoms with Gasteiger partial charge in [-0.05, 0) is 52.0 Å². The molecule has 7 nitrogen and oxygen atoms in total. The molecule has 0 saturated carbocycles. The Balaban J connectivity index is 1.65. The van der Waals surface area contributed by atoms with E-state index in [1.165, 1.54) is 31.8 Å². The zero-order chi connectivity index (χ0) is 18.7. The summed E-state index contributed by atoms with van der Waals surface area (Å²) in [6.07, 6.45) is 4.64. The fourth-order valence-electron chi connectivity index (χ4n) is 2.01. The maximum absolute atomic E-state index is 11.9. The van der Waals surface area contributed by atoms with Crippen molar-refractivity contribution in [2.45, 2.75) is 29.7 Å². The predicted octanol–water partition coefficient (Wildman–Crippen LogP) is 3.52. The first kappa shape index (κ1) is 18.4. The minimum atomic E-state index is -1.25. The van der Waals surface area contributed by atoms with E-state index in [2.05, 4.69) is 31.2 Å². The zero-order valence-electron chi connectivity index (χ0n) is 13.9. The molecular formula is C17H14BrN3O4S. The molecule has 0 unspecified atom stereocenters. The summed E-state index contributed by atoms with van der Waals surface area (Å²) >= 11 is 4.71. The SMILES string of the molecule is CC1(C)OC(=O)C(=CNc2ccc(Sc3ncc(Br)cn3)cc2)C(=O)O1. The summed E-state index contributed by atoms with van der Waals surface area (Å²) in [5.41, 5.74) is 0.509. The number of halogens is 1. The number of cyclic esters (lactones) is 2. The lowest BCUT2D eigenvalue weighted by atomic mass is 10.2. The fourth-order valence-corrected chi connectivity index (χ4v) is 2.91. The van der Waals surface area contributed by atoms with Gasteiger partial charge in [0.2, 0.25) is 0 Å². The van der Waals surface area contributed by atoms with Gasteiger partial charge in [-0.3, -0.25) is 0 Å². The van der Waals surface area contributed by atoms with Crippen LogP contribution >= 0.6 is 27.7 Å². The molecule has 0 amide bonds. The Bertz CT molecular complexity index is 845. The molecule has 1 aliphatic rings. The molecule has 1 N–H and O–H groups in total. The van der Waals surface area contributed by atoms with Crippen LogP contribution in [-0.2, 0) is 19.1 Å². The molecule has 1 saturated heterocycles. The van der Waals surface area contributed by atoms with E-state index in [-0.39, 0.29) is 5.57 Å². The van der Waals surface area contributed by atoms with Crippen LogP contribution in [0.1, 0.15) is 13.8 Å². The van der Waals surface area contributed by atoms with Gasteiger partial charge in [0, 0.05) is 43.0 Å². The van der Waals surface area contributed by atoms with Crippen molar-refractivity contribution in [1.29, 1.82) is 0 Å². The van der Waals surface area contributed by atoms with Gasteiger partial charge in [0.05, 0.1) is 4.47 Å². The monoisotopic (exact) mass is 435 g/mol. The highest BCUT2D eigenvalue weighted by Crippen LogP contribution is 2.26. The molecule has 134 valence electrons. The summed E-state index contributed by atoms with van der Waals surface area (Å²) in [6.45, 7) is 3.00. The Labute approximate surface area is 162 Å². The highest BCUT2D eigenvalue weighted by molar-refractivity contribution is 9.10. The lowest BCUT2D eigenvalue weighted by Crippen LogP contribution is -2.42. The average molecular weight is 436 g/mol. The first-order valence-electron chi connectivity index (χ1n) is 7.51. The van der Waals surface area contributed by atoms with E-state index in [0.717, 1.165) is 9.37 Å². The standard InChI is InChI=1S/C17H14BrN3O4S/c1-17(2)24-14(22)13(15(23)25-17)9-19-11-3-5-12(6-4-11)26-16-20-7-10(18)8-21-16/h3-9,19H,1-2H3. The molecule has 26 heavy (non-hydrogen) atoms. The molecule has 0 atom stereocenters. The van der Waals surface area contributed by atoms with Crippen LogP contribution < -0.4 is 5.32 Å². The Kier molecular flexibility index (Phi) is 5.28. The quantitative estimate of drug-likeness (QED) is 0.337. The van der Waals surface area contributed by atoms with Crippen molar-refractivity contribution in [3.8, 4) is 0 Å². The molecule has 2 heterocycles. The number of nitrogens with zero attached hydrogens (tertiary/aromatic N) is 2. The average Bonchev–Trinajstić information content (AvgIpc) is 2.56. The van der Waals surface area contributed by atoms with Crippen LogP contribution in [0.2, 0.25) is 0 Å². The second-order valence-electron chi connectivity index (χ2n) is 5.69. The normalized spacial score (nSPS) is 15.9. The third-order valence-electron chi connectivity index (χ3n) is 3.16. The van der Waals surface area contributed by atoms with Crippen molar-refractivity contribution in [2.75, 3.05) is 5.32 Å². The lowest BCUT2D eigenvalue weighted by molar-refractivity contribution is -0.222. The van der Waals surface area contributed by atoms with E-state index >= 15 is 0 Å². The van der Waals surface area contributed by atoms with Gasteiger partial charge in [-0.15, -0.1) is 0 Å². The number of ether oxygens (including phenoxy) is 2. The predicted molar refractivity (Wildman–Crippen MR) is 98.3 cm³/mol. The molecule has 9 heteroatoms. The number of hydrogen-bond donors (Lipinski definition) is 1. The number of carbonyl (C=O) groups excluding carboxylic acids is 2. The van der Waals surface area contributed by atoms with E-state index in [1.54, 1.807) is 12.4 Å². The summed E-state index contributed by atoms with van der Waals surface area (Å²) < 4.78 is 10.9. The minimum Gasteiger partial charge on any atom is -0.419 e. The number of anilines is 1. The van der Waals surface area contributed by atoms with Crippen LogP contribution in [-0.4, -0.2) is 27.7 Å². The van der Waals surface area contributed by atoms with Gasteiger partial charge in [0.25, 0.3) is 5.79 Å². The van der Waals surface area contributed by atoms with Crippen molar-refractivity contribution >= 4 is 45.3 Å². The Morgan fingerprint density at radius 1 is 1.08 bits per heavy atom. The molecule has 0 aliphatic carbocycles. The molecule has 3 rings (SSSR count). The lowest BCUT2D eigenvalue weighted by Gasteiger charge is -2.29. The Hall–Kier alpha value is -2.39. The molecule has 0 radical (unpaired) electrons. The molecule has 1 aromatic heterocycles. The third kappa shape index (κ3) is 4.61. The Morgan fingerprint density at radius 2 is 1.65 bits per heavy atom. The van der Waals surface area contributed by atoms with Crippen LogP contribution in [0.5, 0.6) is 0 Å². The number of carbonyl (C=O) groups is 2. The van der Waals surface area contributed by atoms with Gasteiger partial charge in [-0.2, -0.15) is 0 Å². The minimum absolute atomic E-state index is 0.189. The maximum Gasteiger partial charge on any atom is 0.350 e. The number of aromatic nitrogens is 2. The third-order valence-corrected chi connectivity index (χ3v) is 4.47. The highest BCUT2D eigenvalue weighted by Gasteiger charge is 2.38. The first-order valence-corrected chi connectivity index (χ1v) is 9.12. The largest absolute Gasteiger partial charge is 0.419 e. The van der Waals surface area contributed by atoms with E-state index in [1.807, 2.05) is 24.3 Å². The molecule has 0 spiro atoms. The van der Waals surface area contributed by atoms with Gasteiger partial charge in [0.1, 0.15) is 0 Å². The summed E-state index contributed by atoms with van der Waals surface area (Å²) in [7, 11) is 0. The molecule has 1 aliphatic heterocycles. The number of rotatable bonds is 4. The Morgan fingerprint density at radius 3 is 2.23 bits per heavy atom. The van der Waals surface area contributed by atoms with Gasteiger partial charge in [-0.25, -0.2) is 19.6 Å². The van der Waals surface area contributed by atoms with Crippen molar-refractivity contribution < 1.29 is 19.1 Å². The zero-order valence-corrected chi connectivity index (χ0v) is 16.3. The molecule has 0 bridgehead atoms. The smallest absolute Gasteiger partial charge is 0.350 e. The molecule has 1 fully saturated rings. The number of benzene rings is 1. The topological polar surface area (TPSA) is 90.4 Å². The summed E-state index contributed by atoms with van der Waals surface area (Å²) in [5, 5.41) is 3.52. The fraction of sp³-hybridized carbons (Fsp3) is 0.176. The van der Waals surface area contributed by atoms with Crippen molar-refractivity contribution in [3.05, 3.63) is 52.9 Å². The second-order valence-corrected chi connectivity index (χ2v) is 7.65. The van der Waals surface area contributed by atoms with Gasteiger partial charge < -0.3 is 14.8 Å². The number of esters is 2. The van der Waals surface area contributed by atoms with Crippen molar-refractivity contribution in [1.82, 2.24) is 9.97 Å². The van der Waals surface area contributed by atoms with E-state index in [4.69, 9.17) is 9.47 Å². The van der Waals surface area contributed by atoms with Crippen LogP contribution in [0.3, 0.4) is 0 Å². The molecular weight excluding hydrogens is 422 g/mol. The molecule has 2 aromatic rings. The van der Waals surface area contributed by atoms with Crippen LogP contribution in [0.4, 0.5) is 5.69 Å². The van der Waals surface area contributed by atoms with Gasteiger partial charge >= 0.3 is 11.9 Å². The van der Waals surface area contributed by atoms with Crippen molar-refractivity contribution in [3.63, 3.8) is 0 Å². The van der Waals surface area contributed by atoms with Crippen LogP contribution in [0.15, 0.2) is 63.0 Å². The van der Waals surface area contributed by atoms with E-state index in [9.17, 15) is 9.59 Å². The van der Waals surface area contributed by atoms with Crippen molar-refractivity contribution in [2.24, 2.45) is 0 Å². The van der Waals surface area contributed by atoms with Crippen LogP contribution in [0, 0.1) is 0 Å². The second kappa shape index (κ2) is 7.46. The number of hydrogen-bond acceptors (Lipinski definition) is 8. The van der Waals surface area contributed by atoms with E-state index < -0.39 is 17.7 Å². The summed E-state index contributed by atoms with van der Waals surface area (Å²) in [4.78, 5) is 33.1. The first-order chi connectivity index (χ1) is 12.3.